The minimum atomic E-state index is -0.0656. The van der Waals surface area contributed by atoms with E-state index in [0.717, 1.165) is 25.8 Å². The van der Waals surface area contributed by atoms with Crippen molar-refractivity contribution in [3.8, 4) is 0 Å². The second-order valence-corrected chi connectivity index (χ2v) is 5.50. The Morgan fingerprint density at radius 2 is 2.06 bits per heavy atom. The lowest BCUT2D eigenvalue weighted by Crippen LogP contribution is -2.52. The van der Waals surface area contributed by atoms with Crippen LogP contribution in [0.1, 0.15) is 47.0 Å². The molecule has 1 amide bonds. The number of amides is 1. The number of nitrogens with one attached hydrogen (secondary N) is 1. The molecule has 0 aromatic heterocycles. The molecule has 106 valence electrons. The van der Waals surface area contributed by atoms with Gasteiger partial charge >= 0.3 is 0 Å². The van der Waals surface area contributed by atoms with Gasteiger partial charge in [0.15, 0.2) is 0 Å². The summed E-state index contributed by atoms with van der Waals surface area (Å²) in [5.41, 5.74) is 5.83. The van der Waals surface area contributed by atoms with Crippen LogP contribution in [0.25, 0.3) is 0 Å². The SMILES string of the molecule is CCC(CC)NC(=O)C(C)N1CCC(C)C1CN. The molecule has 0 aromatic rings. The van der Waals surface area contributed by atoms with Crippen molar-refractivity contribution in [2.45, 2.75) is 65.1 Å². The number of nitrogens with two attached hydrogens (primary N) is 1. The molecule has 18 heavy (non-hydrogen) atoms. The minimum Gasteiger partial charge on any atom is -0.352 e. The highest BCUT2D eigenvalue weighted by molar-refractivity contribution is 5.81. The topological polar surface area (TPSA) is 58.4 Å². The van der Waals surface area contributed by atoms with Crippen molar-refractivity contribution >= 4 is 5.91 Å². The zero-order valence-corrected chi connectivity index (χ0v) is 12.3. The van der Waals surface area contributed by atoms with Gasteiger partial charge in [-0.25, -0.2) is 0 Å². The number of carbonyl (C=O) groups is 1. The van der Waals surface area contributed by atoms with E-state index in [9.17, 15) is 4.79 Å². The van der Waals surface area contributed by atoms with Crippen LogP contribution in [0.4, 0.5) is 0 Å². The molecule has 1 saturated heterocycles. The fraction of sp³-hybridized carbons (Fsp3) is 0.929. The van der Waals surface area contributed by atoms with E-state index < -0.39 is 0 Å². The van der Waals surface area contributed by atoms with Gasteiger partial charge < -0.3 is 11.1 Å². The molecule has 1 rings (SSSR count). The smallest absolute Gasteiger partial charge is 0.237 e. The van der Waals surface area contributed by atoms with Crippen molar-refractivity contribution in [2.75, 3.05) is 13.1 Å². The fourth-order valence-corrected chi connectivity index (χ4v) is 2.85. The zero-order chi connectivity index (χ0) is 13.7. The first-order chi connectivity index (χ1) is 8.54. The number of hydrogen-bond donors (Lipinski definition) is 2. The van der Waals surface area contributed by atoms with E-state index in [2.05, 4.69) is 31.0 Å². The third-order valence-corrected chi connectivity index (χ3v) is 4.38. The van der Waals surface area contributed by atoms with Crippen LogP contribution >= 0.6 is 0 Å². The van der Waals surface area contributed by atoms with Crippen molar-refractivity contribution in [3.63, 3.8) is 0 Å². The minimum absolute atomic E-state index is 0.0656. The molecule has 0 spiro atoms. The summed E-state index contributed by atoms with van der Waals surface area (Å²) < 4.78 is 0. The van der Waals surface area contributed by atoms with Crippen molar-refractivity contribution in [3.05, 3.63) is 0 Å². The lowest BCUT2D eigenvalue weighted by Gasteiger charge is -2.31. The molecule has 3 atom stereocenters. The normalized spacial score (nSPS) is 26.6. The molecule has 4 heteroatoms. The van der Waals surface area contributed by atoms with Gasteiger partial charge in [-0.1, -0.05) is 20.8 Å². The van der Waals surface area contributed by atoms with Crippen LogP contribution < -0.4 is 11.1 Å². The van der Waals surface area contributed by atoms with Gasteiger partial charge in [0.25, 0.3) is 0 Å². The van der Waals surface area contributed by atoms with Gasteiger partial charge in [-0.3, -0.25) is 9.69 Å². The van der Waals surface area contributed by atoms with E-state index in [1.54, 1.807) is 0 Å². The number of hydrogen-bond acceptors (Lipinski definition) is 3. The second-order valence-electron chi connectivity index (χ2n) is 5.50. The van der Waals surface area contributed by atoms with Crippen molar-refractivity contribution in [2.24, 2.45) is 11.7 Å². The van der Waals surface area contributed by atoms with Gasteiger partial charge in [0.05, 0.1) is 6.04 Å². The molecule has 0 bridgehead atoms. The first-order valence-corrected chi connectivity index (χ1v) is 7.31. The van der Waals surface area contributed by atoms with Crippen LogP contribution in [0.15, 0.2) is 0 Å². The van der Waals surface area contributed by atoms with E-state index in [-0.39, 0.29) is 11.9 Å². The monoisotopic (exact) mass is 255 g/mol. The van der Waals surface area contributed by atoms with E-state index in [1.807, 2.05) is 6.92 Å². The summed E-state index contributed by atoms with van der Waals surface area (Å²) in [6.07, 6.45) is 3.13. The molecule has 0 aliphatic carbocycles. The summed E-state index contributed by atoms with van der Waals surface area (Å²) in [5, 5.41) is 3.13. The lowest BCUT2D eigenvalue weighted by molar-refractivity contribution is -0.127. The van der Waals surface area contributed by atoms with Crippen molar-refractivity contribution < 1.29 is 4.79 Å². The maximum absolute atomic E-state index is 12.2. The quantitative estimate of drug-likeness (QED) is 0.753. The van der Waals surface area contributed by atoms with Crippen LogP contribution in [-0.2, 0) is 4.79 Å². The Kier molecular flexibility index (Phi) is 6.09. The van der Waals surface area contributed by atoms with Crippen LogP contribution in [0.5, 0.6) is 0 Å². The van der Waals surface area contributed by atoms with Crippen molar-refractivity contribution in [1.29, 1.82) is 0 Å². The van der Waals surface area contributed by atoms with Gasteiger partial charge in [-0.15, -0.1) is 0 Å². The summed E-state index contributed by atoms with van der Waals surface area (Å²) in [6, 6.07) is 0.591. The first kappa shape index (κ1) is 15.4. The maximum atomic E-state index is 12.2. The standard InChI is InChI=1S/C14H29N3O/c1-5-12(6-2)16-14(18)11(4)17-8-7-10(3)13(17)9-15/h10-13H,5-9,15H2,1-4H3,(H,16,18). The predicted octanol–water partition coefficient (Wildman–Crippen LogP) is 1.35. The average Bonchev–Trinajstić information content (AvgIpc) is 2.75. The molecular formula is C14H29N3O. The molecule has 1 heterocycles. The predicted molar refractivity (Wildman–Crippen MR) is 75.3 cm³/mol. The highest BCUT2D eigenvalue weighted by Gasteiger charge is 2.35. The molecule has 0 aromatic carbocycles. The van der Waals surface area contributed by atoms with Crippen LogP contribution in [0.2, 0.25) is 0 Å². The third kappa shape index (κ3) is 3.45. The van der Waals surface area contributed by atoms with Crippen LogP contribution in [0, 0.1) is 5.92 Å². The number of nitrogens with zero attached hydrogens (tertiary/aromatic N) is 1. The summed E-state index contributed by atoms with van der Waals surface area (Å²) in [4.78, 5) is 14.5. The van der Waals surface area contributed by atoms with Gasteiger partial charge in [-0.05, 0) is 38.6 Å². The first-order valence-electron chi connectivity index (χ1n) is 7.31. The van der Waals surface area contributed by atoms with Gasteiger partial charge in [0.2, 0.25) is 5.91 Å². The maximum Gasteiger partial charge on any atom is 0.237 e. The average molecular weight is 255 g/mol. The number of likely N-dealkylation sites (tertiary alicyclic amines) is 1. The third-order valence-electron chi connectivity index (χ3n) is 4.38. The molecular weight excluding hydrogens is 226 g/mol. The van der Waals surface area contributed by atoms with E-state index >= 15 is 0 Å². The Hall–Kier alpha value is -0.610. The Balaban J connectivity index is 2.58. The molecule has 0 saturated carbocycles. The molecule has 1 aliphatic heterocycles. The van der Waals surface area contributed by atoms with Gasteiger partial charge in [0, 0.05) is 18.6 Å². The van der Waals surface area contributed by atoms with Crippen molar-refractivity contribution in [1.82, 2.24) is 10.2 Å². The Bertz CT molecular complexity index is 266. The zero-order valence-electron chi connectivity index (χ0n) is 12.3. The summed E-state index contributed by atoms with van der Waals surface area (Å²) >= 11 is 0. The van der Waals surface area contributed by atoms with E-state index in [1.165, 1.54) is 0 Å². The van der Waals surface area contributed by atoms with E-state index in [4.69, 9.17) is 5.73 Å². The fourth-order valence-electron chi connectivity index (χ4n) is 2.85. The molecule has 1 aliphatic rings. The summed E-state index contributed by atoms with van der Waals surface area (Å²) in [5.74, 6) is 0.745. The van der Waals surface area contributed by atoms with E-state index in [0.29, 0.717) is 24.5 Å². The van der Waals surface area contributed by atoms with Crippen LogP contribution in [-0.4, -0.2) is 42.0 Å². The highest BCUT2D eigenvalue weighted by atomic mass is 16.2. The molecule has 3 N–H and O–H groups in total. The summed E-state index contributed by atoms with van der Waals surface area (Å²) in [7, 11) is 0. The number of rotatable bonds is 6. The Morgan fingerprint density at radius 3 is 2.56 bits per heavy atom. The highest BCUT2D eigenvalue weighted by Crippen LogP contribution is 2.25. The van der Waals surface area contributed by atoms with Gasteiger partial charge in [-0.2, -0.15) is 0 Å². The molecule has 4 nitrogen and oxygen atoms in total. The second kappa shape index (κ2) is 7.10. The molecule has 3 unspecified atom stereocenters. The van der Waals surface area contributed by atoms with Gasteiger partial charge in [0.1, 0.15) is 0 Å². The summed E-state index contributed by atoms with van der Waals surface area (Å²) in [6.45, 7) is 10.1. The lowest BCUT2D eigenvalue weighted by atomic mass is 10.0. The van der Waals surface area contributed by atoms with Crippen LogP contribution in [0.3, 0.4) is 0 Å². The largest absolute Gasteiger partial charge is 0.352 e. The molecule has 0 radical (unpaired) electrons. The Morgan fingerprint density at radius 1 is 1.44 bits per heavy atom. The number of carbonyl (C=O) groups excluding carboxylic acids is 1. The molecule has 1 fully saturated rings. The Labute approximate surface area is 111 Å².